The zero-order valence-electron chi connectivity index (χ0n) is 7.37. The van der Waals surface area contributed by atoms with Crippen LogP contribution in [0.4, 0.5) is 0 Å². The number of aromatic carboxylic acids is 1. The van der Waals surface area contributed by atoms with E-state index in [1.807, 2.05) is 6.92 Å². The predicted octanol–water partition coefficient (Wildman–Crippen LogP) is 3.09. The average Bonchev–Trinajstić information content (AvgIpc) is 2.48. The Morgan fingerprint density at radius 1 is 1.50 bits per heavy atom. The number of carboxylic acids is 1. The molecule has 0 amide bonds. The van der Waals surface area contributed by atoms with E-state index in [1.54, 1.807) is 12.1 Å². The van der Waals surface area contributed by atoms with Gasteiger partial charge in [-0.15, -0.1) is 0 Å². The first-order valence-electron chi connectivity index (χ1n) is 4.00. The van der Waals surface area contributed by atoms with Gasteiger partial charge in [0.1, 0.15) is 17.4 Å². The zero-order chi connectivity index (χ0) is 10.3. The van der Waals surface area contributed by atoms with E-state index < -0.39 is 5.97 Å². The van der Waals surface area contributed by atoms with Crippen LogP contribution in [0, 0.1) is 6.92 Å². The van der Waals surface area contributed by atoms with E-state index in [1.165, 1.54) is 6.26 Å². The molecule has 0 saturated heterocycles. The monoisotopic (exact) mass is 210 g/mol. The van der Waals surface area contributed by atoms with Gasteiger partial charge in [-0.25, -0.2) is 4.79 Å². The molecule has 72 valence electrons. The summed E-state index contributed by atoms with van der Waals surface area (Å²) in [5, 5.41) is 9.91. The molecule has 0 saturated carbocycles. The lowest BCUT2D eigenvalue weighted by Gasteiger charge is -1.96. The van der Waals surface area contributed by atoms with Crippen molar-refractivity contribution in [3.63, 3.8) is 0 Å². The fraction of sp³-hybridized carbons (Fsp3) is 0.100. The van der Waals surface area contributed by atoms with Crippen molar-refractivity contribution in [3.8, 4) is 0 Å². The minimum atomic E-state index is -1.01. The maximum Gasteiger partial charge on any atom is 0.339 e. The Bertz CT molecular complexity index is 513. The lowest BCUT2D eigenvalue weighted by Crippen LogP contribution is -1.93. The lowest BCUT2D eigenvalue weighted by molar-refractivity contribution is 0.0698. The summed E-state index contributed by atoms with van der Waals surface area (Å²) in [5.74, 6) is -1.01. The number of hydrogen-bond donors (Lipinski definition) is 1. The Balaban J connectivity index is 2.80. The average molecular weight is 211 g/mol. The standard InChI is InChI=1S/C10H7ClO3/c1-5-2-9-6(3-8(5)11)7(4-14-9)10(12)13/h2-4H,1H3,(H,12,13). The molecule has 0 atom stereocenters. The van der Waals surface area contributed by atoms with Crippen LogP contribution in [-0.2, 0) is 0 Å². The van der Waals surface area contributed by atoms with Crippen molar-refractivity contribution in [3.05, 3.63) is 34.5 Å². The number of halogens is 1. The number of carbonyl (C=O) groups is 1. The number of fused-ring (bicyclic) bond motifs is 1. The molecule has 1 heterocycles. The smallest absolute Gasteiger partial charge is 0.339 e. The minimum absolute atomic E-state index is 0.141. The largest absolute Gasteiger partial charge is 0.478 e. The Kier molecular flexibility index (Phi) is 1.97. The van der Waals surface area contributed by atoms with Gasteiger partial charge in [-0.2, -0.15) is 0 Å². The number of carboxylic acid groups (broad SMARTS) is 1. The van der Waals surface area contributed by atoms with Gasteiger partial charge in [0.2, 0.25) is 0 Å². The third kappa shape index (κ3) is 1.26. The normalized spacial score (nSPS) is 10.7. The third-order valence-electron chi connectivity index (χ3n) is 2.09. The second-order valence-electron chi connectivity index (χ2n) is 3.05. The summed E-state index contributed by atoms with van der Waals surface area (Å²) in [5.41, 5.74) is 1.55. The summed E-state index contributed by atoms with van der Waals surface area (Å²) in [7, 11) is 0. The third-order valence-corrected chi connectivity index (χ3v) is 2.49. The second-order valence-corrected chi connectivity index (χ2v) is 3.46. The van der Waals surface area contributed by atoms with Gasteiger partial charge in [-0.05, 0) is 24.6 Å². The minimum Gasteiger partial charge on any atom is -0.478 e. The second kappa shape index (κ2) is 3.03. The molecule has 14 heavy (non-hydrogen) atoms. The molecule has 2 rings (SSSR count). The van der Waals surface area contributed by atoms with Crippen molar-refractivity contribution >= 4 is 28.5 Å². The van der Waals surface area contributed by atoms with Gasteiger partial charge in [-0.1, -0.05) is 11.6 Å². The number of furan rings is 1. The van der Waals surface area contributed by atoms with E-state index in [0.29, 0.717) is 16.0 Å². The van der Waals surface area contributed by atoms with Crippen LogP contribution in [0.2, 0.25) is 5.02 Å². The van der Waals surface area contributed by atoms with E-state index in [4.69, 9.17) is 21.1 Å². The van der Waals surface area contributed by atoms with Crippen molar-refractivity contribution < 1.29 is 14.3 Å². The molecule has 1 aromatic carbocycles. The quantitative estimate of drug-likeness (QED) is 0.787. The molecule has 0 aliphatic heterocycles. The van der Waals surface area contributed by atoms with Crippen LogP contribution >= 0.6 is 11.6 Å². The van der Waals surface area contributed by atoms with Crippen LogP contribution in [0.3, 0.4) is 0 Å². The van der Waals surface area contributed by atoms with E-state index in [0.717, 1.165) is 5.56 Å². The molecule has 0 bridgehead atoms. The van der Waals surface area contributed by atoms with Gasteiger partial charge in [0.15, 0.2) is 0 Å². The van der Waals surface area contributed by atoms with Crippen molar-refractivity contribution in [1.29, 1.82) is 0 Å². The Labute approximate surface area is 84.9 Å². The molecule has 0 spiro atoms. The number of rotatable bonds is 1. The molecule has 2 aromatic rings. The summed E-state index contributed by atoms with van der Waals surface area (Å²) >= 11 is 5.89. The molecule has 0 aliphatic carbocycles. The zero-order valence-corrected chi connectivity index (χ0v) is 8.13. The van der Waals surface area contributed by atoms with Gasteiger partial charge in [0.05, 0.1) is 0 Å². The Morgan fingerprint density at radius 3 is 2.86 bits per heavy atom. The molecular formula is C10H7ClO3. The molecule has 0 radical (unpaired) electrons. The summed E-state index contributed by atoms with van der Waals surface area (Å²) in [6.07, 6.45) is 1.22. The van der Waals surface area contributed by atoms with Crippen LogP contribution in [0.15, 0.2) is 22.8 Å². The number of benzene rings is 1. The first-order chi connectivity index (χ1) is 6.59. The SMILES string of the molecule is Cc1cc2occ(C(=O)O)c2cc1Cl. The molecule has 0 fully saturated rings. The van der Waals surface area contributed by atoms with Gasteiger partial charge in [0.25, 0.3) is 0 Å². The first-order valence-corrected chi connectivity index (χ1v) is 4.38. The number of hydrogen-bond acceptors (Lipinski definition) is 2. The van der Waals surface area contributed by atoms with Gasteiger partial charge >= 0.3 is 5.97 Å². The van der Waals surface area contributed by atoms with E-state index in [2.05, 4.69) is 0 Å². The van der Waals surface area contributed by atoms with Crippen molar-refractivity contribution in [2.75, 3.05) is 0 Å². The highest BCUT2D eigenvalue weighted by atomic mass is 35.5. The highest BCUT2D eigenvalue weighted by Gasteiger charge is 2.13. The van der Waals surface area contributed by atoms with E-state index in [9.17, 15) is 4.79 Å². The molecule has 0 unspecified atom stereocenters. The molecule has 3 nitrogen and oxygen atoms in total. The van der Waals surface area contributed by atoms with Gasteiger partial charge in [0, 0.05) is 10.4 Å². The Hall–Kier alpha value is -1.48. The van der Waals surface area contributed by atoms with Crippen molar-refractivity contribution in [1.82, 2.24) is 0 Å². The van der Waals surface area contributed by atoms with Crippen molar-refractivity contribution in [2.24, 2.45) is 0 Å². The molecule has 4 heteroatoms. The molecule has 1 aromatic heterocycles. The van der Waals surface area contributed by atoms with E-state index in [-0.39, 0.29) is 5.56 Å². The van der Waals surface area contributed by atoms with Crippen LogP contribution < -0.4 is 0 Å². The van der Waals surface area contributed by atoms with E-state index >= 15 is 0 Å². The molecule has 0 aliphatic rings. The lowest BCUT2D eigenvalue weighted by atomic mass is 10.1. The fourth-order valence-corrected chi connectivity index (χ4v) is 1.48. The molecular weight excluding hydrogens is 204 g/mol. The summed E-state index contributed by atoms with van der Waals surface area (Å²) in [4.78, 5) is 10.8. The maximum absolute atomic E-state index is 10.8. The van der Waals surface area contributed by atoms with Crippen molar-refractivity contribution in [2.45, 2.75) is 6.92 Å². The molecule has 1 N–H and O–H groups in total. The highest BCUT2D eigenvalue weighted by molar-refractivity contribution is 6.32. The van der Waals surface area contributed by atoms with Crippen LogP contribution in [-0.4, -0.2) is 11.1 Å². The predicted molar refractivity (Wildman–Crippen MR) is 52.9 cm³/mol. The van der Waals surface area contributed by atoms with Gasteiger partial charge < -0.3 is 9.52 Å². The Morgan fingerprint density at radius 2 is 2.21 bits per heavy atom. The van der Waals surface area contributed by atoms with Crippen LogP contribution in [0.25, 0.3) is 11.0 Å². The van der Waals surface area contributed by atoms with Crippen LogP contribution in [0.1, 0.15) is 15.9 Å². The summed E-state index contributed by atoms with van der Waals surface area (Å²) in [6, 6.07) is 3.34. The van der Waals surface area contributed by atoms with Crippen LogP contribution in [0.5, 0.6) is 0 Å². The fourth-order valence-electron chi connectivity index (χ4n) is 1.31. The number of aryl methyl sites for hydroxylation is 1. The maximum atomic E-state index is 10.8. The summed E-state index contributed by atoms with van der Waals surface area (Å²) < 4.78 is 5.11. The topological polar surface area (TPSA) is 50.4 Å². The first kappa shape index (κ1) is 9.09. The summed E-state index contributed by atoms with van der Waals surface area (Å²) in [6.45, 7) is 1.84. The highest BCUT2D eigenvalue weighted by Crippen LogP contribution is 2.27. The van der Waals surface area contributed by atoms with Gasteiger partial charge in [-0.3, -0.25) is 0 Å².